The molecule has 0 aliphatic carbocycles. The van der Waals surface area contributed by atoms with Crippen molar-refractivity contribution in [2.24, 2.45) is 7.05 Å². The van der Waals surface area contributed by atoms with E-state index < -0.39 is 5.76 Å². The summed E-state index contributed by atoms with van der Waals surface area (Å²) < 4.78 is 6.60. The van der Waals surface area contributed by atoms with Crippen molar-refractivity contribution in [1.82, 2.24) is 14.5 Å². The maximum Gasteiger partial charge on any atom is 0.419 e. The van der Waals surface area contributed by atoms with Gasteiger partial charge in [-0.25, -0.2) is 9.59 Å². The summed E-state index contributed by atoms with van der Waals surface area (Å²) in [6.07, 6.45) is 5.39. The van der Waals surface area contributed by atoms with Crippen LogP contribution in [0, 0.1) is 0 Å². The lowest BCUT2D eigenvalue weighted by atomic mass is 10.2. The first-order valence-electron chi connectivity index (χ1n) is 8.63. The van der Waals surface area contributed by atoms with Crippen molar-refractivity contribution in [1.29, 1.82) is 0 Å². The van der Waals surface area contributed by atoms with E-state index in [9.17, 15) is 9.59 Å². The van der Waals surface area contributed by atoms with Crippen LogP contribution in [-0.2, 0) is 13.6 Å². The first-order valence-corrected chi connectivity index (χ1v) is 8.63. The first kappa shape index (κ1) is 17.7. The summed E-state index contributed by atoms with van der Waals surface area (Å²) in [5, 5.41) is 2.89. The van der Waals surface area contributed by atoms with E-state index in [1.165, 1.54) is 4.57 Å². The zero-order valence-electron chi connectivity index (χ0n) is 14.9. The standard InChI is InChI=1S/C19H22N4O3/c1-3-4-10-23(13-14-6-5-9-20-12-14)18(24)21-15-7-8-16-17(11-15)26-19(25)22(16)2/h5-9,11-12H,3-4,10,13H2,1-2H3,(H,21,24). The molecule has 3 rings (SSSR count). The molecule has 0 saturated heterocycles. The minimum absolute atomic E-state index is 0.195. The number of hydrogen-bond acceptors (Lipinski definition) is 4. The molecule has 2 amide bonds. The zero-order chi connectivity index (χ0) is 18.5. The van der Waals surface area contributed by atoms with Gasteiger partial charge in [0.25, 0.3) is 0 Å². The van der Waals surface area contributed by atoms with Gasteiger partial charge in [0.15, 0.2) is 5.58 Å². The Hall–Kier alpha value is -3.09. The van der Waals surface area contributed by atoms with Gasteiger partial charge in [-0.15, -0.1) is 0 Å². The van der Waals surface area contributed by atoms with Crippen molar-refractivity contribution in [3.05, 3.63) is 58.8 Å². The van der Waals surface area contributed by atoms with Gasteiger partial charge >= 0.3 is 11.8 Å². The lowest BCUT2D eigenvalue weighted by Gasteiger charge is -2.23. The number of unbranched alkanes of at least 4 members (excludes halogenated alkanes) is 1. The van der Waals surface area contributed by atoms with Gasteiger partial charge in [-0.1, -0.05) is 19.4 Å². The maximum atomic E-state index is 12.7. The van der Waals surface area contributed by atoms with E-state index in [0.29, 0.717) is 29.9 Å². The number of nitrogens with one attached hydrogen (secondary N) is 1. The van der Waals surface area contributed by atoms with Gasteiger partial charge in [0.05, 0.1) is 5.52 Å². The largest absolute Gasteiger partial charge is 0.419 e. The molecule has 0 bridgehead atoms. The van der Waals surface area contributed by atoms with Crippen molar-refractivity contribution in [3.8, 4) is 0 Å². The minimum Gasteiger partial charge on any atom is -0.408 e. The molecule has 0 radical (unpaired) electrons. The Bertz CT molecular complexity index is 946. The van der Waals surface area contributed by atoms with Crippen molar-refractivity contribution >= 4 is 22.8 Å². The molecule has 7 nitrogen and oxygen atoms in total. The number of oxazole rings is 1. The second-order valence-electron chi connectivity index (χ2n) is 6.18. The van der Waals surface area contributed by atoms with Crippen LogP contribution in [0.2, 0.25) is 0 Å². The van der Waals surface area contributed by atoms with E-state index in [1.807, 2.05) is 12.1 Å². The average molecular weight is 354 g/mol. The average Bonchev–Trinajstić information content (AvgIpc) is 2.93. The summed E-state index contributed by atoms with van der Waals surface area (Å²) >= 11 is 0. The van der Waals surface area contributed by atoms with Crippen LogP contribution in [0.4, 0.5) is 10.5 Å². The third-order valence-corrected chi connectivity index (χ3v) is 4.21. The number of carbonyl (C=O) groups is 1. The summed E-state index contributed by atoms with van der Waals surface area (Å²) in [5.74, 6) is -0.426. The Labute approximate surface area is 151 Å². The Kier molecular flexibility index (Phi) is 5.36. The molecule has 136 valence electrons. The van der Waals surface area contributed by atoms with Gasteiger partial charge in [0.1, 0.15) is 0 Å². The molecule has 0 spiro atoms. The molecule has 26 heavy (non-hydrogen) atoms. The van der Waals surface area contributed by atoms with Gasteiger partial charge in [-0.05, 0) is 30.2 Å². The second kappa shape index (κ2) is 7.86. The van der Waals surface area contributed by atoms with Crippen molar-refractivity contribution in [3.63, 3.8) is 0 Å². The van der Waals surface area contributed by atoms with Crippen molar-refractivity contribution < 1.29 is 9.21 Å². The highest BCUT2D eigenvalue weighted by atomic mass is 16.4. The van der Waals surface area contributed by atoms with Crippen LogP contribution in [0.3, 0.4) is 0 Å². The van der Waals surface area contributed by atoms with E-state index in [0.717, 1.165) is 18.4 Å². The van der Waals surface area contributed by atoms with Crippen molar-refractivity contribution in [2.45, 2.75) is 26.3 Å². The molecule has 0 saturated carbocycles. The predicted molar refractivity (Wildman–Crippen MR) is 100 cm³/mol. The zero-order valence-corrected chi connectivity index (χ0v) is 14.9. The van der Waals surface area contributed by atoms with Gasteiger partial charge in [-0.2, -0.15) is 0 Å². The molecule has 0 fully saturated rings. The topological polar surface area (TPSA) is 80.4 Å². The number of urea groups is 1. The molecule has 2 heterocycles. The van der Waals surface area contributed by atoms with E-state index in [-0.39, 0.29) is 6.03 Å². The molecule has 2 aromatic heterocycles. The van der Waals surface area contributed by atoms with Gasteiger partial charge in [0, 0.05) is 44.3 Å². The Morgan fingerprint density at radius 1 is 1.35 bits per heavy atom. The number of fused-ring (bicyclic) bond motifs is 1. The number of rotatable bonds is 6. The summed E-state index contributed by atoms with van der Waals surface area (Å²) in [5.41, 5.74) is 2.70. The lowest BCUT2D eigenvalue weighted by molar-refractivity contribution is 0.208. The number of benzene rings is 1. The van der Waals surface area contributed by atoms with Gasteiger partial charge in [-0.3, -0.25) is 9.55 Å². The molecule has 0 aliphatic heterocycles. The van der Waals surface area contributed by atoms with Gasteiger partial charge in [0.2, 0.25) is 0 Å². The third-order valence-electron chi connectivity index (χ3n) is 4.21. The van der Waals surface area contributed by atoms with Crippen LogP contribution < -0.4 is 11.1 Å². The Morgan fingerprint density at radius 2 is 2.19 bits per heavy atom. The number of pyridine rings is 1. The van der Waals surface area contributed by atoms with Crippen LogP contribution in [0.1, 0.15) is 25.3 Å². The van der Waals surface area contributed by atoms with E-state index in [2.05, 4.69) is 17.2 Å². The SMILES string of the molecule is CCCCN(Cc1cccnc1)C(=O)Nc1ccc2c(c1)oc(=O)n2C. The van der Waals surface area contributed by atoms with E-state index in [1.54, 1.807) is 42.5 Å². The Balaban J connectivity index is 1.77. The molecular formula is C19H22N4O3. The molecule has 0 unspecified atom stereocenters. The molecular weight excluding hydrogens is 332 g/mol. The summed E-state index contributed by atoms with van der Waals surface area (Å²) in [6, 6.07) is 8.79. The number of amides is 2. The highest BCUT2D eigenvalue weighted by Gasteiger charge is 2.15. The Morgan fingerprint density at radius 3 is 2.92 bits per heavy atom. The lowest BCUT2D eigenvalue weighted by Crippen LogP contribution is -2.35. The number of anilines is 1. The highest BCUT2D eigenvalue weighted by molar-refractivity contribution is 5.91. The minimum atomic E-state index is -0.426. The second-order valence-corrected chi connectivity index (χ2v) is 6.18. The number of aryl methyl sites for hydroxylation is 1. The van der Waals surface area contributed by atoms with Crippen LogP contribution in [0.15, 0.2) is 51.9 Å². The van der Waals surface area contributed by atoms with Crippen LogP contribution in [0.25, 0.3) is 11.1 Å². The van der Waals surface area contributed by atoms with Crippen LogP contribution in [0.5, 0.6) is 0 Å². The number of nitrogens with zero attached hydrogens (tertiary/aromatic N) is 3. The number of carbonyl (C=O) groups excluding carboxylic acids is 1. The number of aromatic nitrogens is 2. The fraction of sp³-hybridized carbons (Fsp3) is 0.316. The van der Waals surface area contributed by atoms with E-state index >= 15 is 0 Å². The maximum absolute atomic E-state index is 12.7. The van der Waals surface area contributed by atoms with Gasteiger partial charge < -0.3 is 14.6 Å². The molecule has 1 N–H and O–H groups in total. The summed E-state index contributed by atoms with van der Waals surface area (Å²) in [6.45, 7) is 3.23. The molecule has 0 aliphatic rings. The summed E-state index contributed by atoms with van der Waals surface area (Å²) in [7, 11) is 1.65. The van der Waals surface area contributed by atoms with Crippen LogP contribution in [-0.4, -0.2) is 27.0 Å². The number of hydrogen-bond donors (Lipinski definition) is 1. The fourth-order valence-corrected chi connectivity index (χ4v) is 2.73. The molecule has 0 atom stereocenters. The highest BCUT2D eigenvalue weighted by Crippen LogP contribution is 2.18. The molecule has 3 aromatic rings. The summed E-state index contributed by atoms with van der Waals surface area (Å²) in [4.78, 5) is 30.2. The monoisotopic (exact) mass is 354 g/mol. The van der Waals surface area contributed by atoms with E-state index in [4.69, 9.17) is 4.42 Å². The smallest absolute Gasteiger partial charge is 0.408 e. The quantitative estimate of drug-likeness (QED) is 0.736. The predicted octanol–water partition coefficient (Wildman–Crippen LogP) is 3.36. The third kappa shape index (κ3) is 3.93. The normalized spacial score (nSPS) is 10.8. The fourth-order valence-electron chi connectivity index (χ4n) is 2.73. The molecule has 7 heteroatoms. The van der Waals surface area contributed by atoms with Crippen molar-refractivity contribution in [2.75, 3.05) is 11.9 Å². The first-order chi connectivity index (χ1) is 12.6. The molecule has 1 aromatic carbocycles. The van der Waals surface area contributed by atoms with Crippen LogP contribution >= 0.6 is 0 Å².